The maximum absolute atomic E-state index is 14.1. The third-order valence-corrected chi connectivity index (χ3v) is 6.42. The summed E-state index contributed by atoms with van der Waals surface area (Å²) < 4.78 is 15.9. The first kappa shape index (κ1) is 22.5. The first-order chi connectivity index (χ1) is 15.7. The summed E-state index contributed by atoms with van der Waals surface area (Å²) in [6, 6.07) is 15.1. The smallest absolute Gasteiger partial charge is 0.319 e. The van der Waals surface area contributed by atoms with Gasteiger partial charge in [0.1, 0.15) is 11.4 Å². The zero-order valence-corrected chi connectivity index (χ0v) is 19.1. The summed E-state index contributed by atoms with van der Waals surface area (Å²) in [6.45, 7) is 6.74. The summed E-state index contributed by atoms with van der Waals surface area (Å²) in [5.74, 6) is -1.13. The SMILES string of the molecule is CCC1(c2ccccc2)NC(=O)N(CC(=O)c2cc(C)n(-c3ccc(C)c(F)c3)c2C)C1=O. The molecule has 2 aromatic carbocycles. The molecule has 1 unspecified atom stereocenters. The Morgan fingerprint density at radius 1 is 1.03 bits per heavy atom. The van der Waals surface area contributed by atoms with Crippen molar-refractivity contribution in [1.29, 1.82) is 0 Å². The maximum atomic E-state index is 14.1. The average Bonchev–Trinajstić information content (AvgIpc) is 3.24. The van der Waals surface area contributed by atoms with E-state index in [2.05, 4.69) is 5.32 Å². The van der Waals surface area contributed by atoms with Gasteiger partial charge in [-0.25, -0.2) is 9.18 Å². The van der Waals surface area contributed by atoms with Gasteiger partial charge in [-0.15, -0.1) is 0 Å². The fraction of sp³-hybridized carbons (Fsp3) is 0.269. The number of halogens is 1. The number of nitrogens with zero attached hydrogens (tertiary/aromatic N) is 2. The van der Waals surface area contributed by atoms with Gasteiger partial charge < -0.3 is 9.88 Å². The Morgan fingerprint density at radius 2 is 1.73 bits per heavy atom. The van der Waals surface area contributed by atoms with Gasteiger partial charge in [-0.2, -0.15) is 0 Å². The lowest BCUT2D eigenvalue weighted by atomic mass is 9.87. The van der Waals surface area contributed by atoms with Crippen LogP contribution in [-0.4, -0.2) is 33.7 Å². The van der Waals surface area contributed by atoms with Crippen molar-refractivity contribution in [2.45, 2.75) is 39.7 Å². The number of carbonyl (C=O) groups is 3. The molecule has 0 bridgehead atoms. The van der Waals surface area contributed by atoms with Crippen molar-refractivity contribution in [2.24, 2.45) is 0 Å². The van der Waals surface area contributed by atoms with E-state index in [9.17, 15) is 18.8 Å². The van der Waals surface area contributed by atoms with Gasteiger partial charge in [0.15, 0.2) is 5.78 Å². The van der Waals surface area contributed by atoms with Crippen molar-refractivity contribution in [1.82, 2.24) is 14.8 Å². The number of benzene rings is 2. The Balaban J connectivity index is 1.63. The van der Waals surface area contributed by atoms with Crippen LogP contribution >= 0.6 is 0 Å². The zero-order chi connectivity index (χ0) is 23.9. The van der Waals surface area contributed by atoms with Crippen LogP contribution in [0.1, 0.15) is 46.2 Å². The molecule has 1 aliphatic heterocycles. The van der Waals surface area contributed by atoms with Crippen molar-refractivity contribution in [2.75, 3.05) is 6.54 Å². The summed E-state index contributed by atoms with van der Waals surface area (Å²) in [5.41, 5.74) is 2.41. The second kappa shape index (κ2) is 8.31. The molecule has 1 aromatic heterocycles. The Hall–Kier alpha value is -3.74. The van der Waals surface area contributed by atoms with E-state index in [1.54, 1.807) is 48.7 Å². The molecule has 170 valence electrons. The molecule has 1 fully saturated rings. The normalized spacial score (nSPS) is 18.0. The number of carbonyl (C=O) groups excluding carboxylic acids is 3. The summed E-state index contributed by atoms with van der Waals surface area (Å²) in [5, 5.41) is 2.80. The highest BCUT2D eigenvalue weighted by atomic mass is 19.1. The van der Waals surface area contributed by atoms with Crippen LogP contribution in [0.25, 0.3) is 5.69 Å². The molecule has 6 nitrogen and oxygen atoms in total. The van der Waals surface area contributed by atoms with Gasteiger partial charge in [0.05, 0.1) is 6.54 Å². The number of nitrogens with one attached hydrogen (secondary N) is 1. The number of urea groups is 1. The molecule has 0 aliphatic carbocycles. The number of amides is 3. The number of rotatable bonds is 6. The Morgan fingerprint density at radius 3 is 2.36 bits per heavy atom. The van der Waals surface area contributed by atoms with Crippen LogP contribution in [0, 0.1) is 26.6 Å². The topological polar surface area (TPSA) is 71.4 Å². The highest BCUT2D eigenvalue weighted by Gasteiger charge is 2.51. The summed E-state index contributed by atoms with van der Waals surface area (Å²) >= 11 is 0. The Bertz CT molecular complexity index is 1270. The number of imide groups is 1. The largest absolute Gasteiger partial charge is 0.325 e. The standard InChI is InChI=1S/C26H26FN3O3/c1-5-26(19-9-7-6-8-10-19)24(32)29(25(33)28-26)15-23(31)21-13-17(3)30(18(21)4)20-12-11-16(2)22(27)14-20/h6-14H,5,15H2,1-4H3,(H,28,33). The summed E-state index contributed by atoms with van der Waals surface area (Å²) in [6.07, 6.45) is 0.361. The Kier molecular flexibility index (Phi) is 5.66. The van der Waals surface area contributed by atoms with Gasteiger partial charge in [0, 0.05) is 22.6 Å². The average molecular weight is 448 g/mol. The molecular weight excluding hydrogens is 421 g/mol. The van der Waals surface area contributed by atoms with Crippen LogP contribution in [0.15, 0.2) is 54.6 Å². The first-order valence-corrected chi connectivity index (χ1v) is 10.9. The number of hydrogen-bond acceptors (Lipinski definition) is 3. The minimum absolute atomic E-state index is 0.330. The second-order valence-corrected chi connectivity index (χ2v) is 8.42. The number of hydrogen-bond donors (Lipinski definition) is 1. The lowest BCUT2D eigenvalue weighted by molar-refractivity contribution is -0.131. The van der Waals surface area contributed by atoms with Crippen molar-refractivity contribution < 1.29 is 18.8 Å². The number of ketones is 1. The quantitative estimate of drug-likeness (QED) is 0.444. The summed E-state index contributed by atoms with van der Waals surface area (Å²) in [4.78, 5) is 40.3. The van der Waals surface area contributed by atoms with E-state index in [1.165, 1.54) is 6.07 Å². The lowest BCUT2D eigenvalue weighted by Crippen LogP contribution is -2.43. The van der Waals surface area contributed by atoms with Crippen molar-refractivity contribution in [3.63, 3.8) is 0 Å². The monoisotopic (exact) mass is 447 g/mol. The van der Waals surface area contributed by atoms with E-state index in [1.807, 2.05) is 32.0 Å². The minimum Gasteiger partial charge on any atom is -0.319 e. The van der Waals surface area contributed by atoms with Gasteiger partial charge in [0.2, 0.25) is 0 Å². The molecule has 1 N–H and O–H groups in total. The summed E-state index contributed by atoms with van der Waals surface area (Å²) in [7, 11) is 0. The zero-order valence-electron chi connectivity index (χ0n) is 19.1. The molecule has 3 amide bonds. The number of aromatic nitrogens is 1. The third kappa shape index (κ3) is 3.63. The van der Waals surface area contributed by atoms with Crippen LogP contribution in [-0.2, 0) is 10.3 Å². The predicted molar refractivity (Wildman–Crippen MR) is 123 cm³/mol. The van der Waals surface area contributed by atoms with Gasteiger partial charge in [0.25, 0.3) is 5.91 Å². The fourth-order valence-corrected chi connectivity index (χ4v) is 4.52. The molecular formula is C26H26FN3O3. The number of Topliss-reactive ketones (excluding diaryl/α,β-unsaturated/α-hetero) is 1. The van der Waals surface area contributed by atoms with E-state index in [4.69, 9.17) is 0 Å². The van der Waals surface area contributed by atoms with Crippen LogP contribution in [0.3, 0.4) is 0 Å². The van der Waals surface area contributed by atoms with E-state index >= 15 is 0 Å². The molecule has 0 radical (unpaired) electrons. The van der Waals surface area contributed by atoms with E-state index < -0.39 is 17.5 Å². The van der Waals surface area contributed by atoms with Crippen molar-refractivity contribution in [3.05, 3.63) is 88.5 Å². The van der Waals surface area contributed by atoms with Crippen LogP contribution in [0.5, 0.6) is 0 Å². The second-order valence-electron chi connectivity index (χ2n) is 8.42. The third-order valence-electron chi connectivity index (χ3n) is 6.42. The molecule has 0 spiro atoms. The molecule has 0 saturated carbocycles. The maximum Gasteiger partial charge on any atom is 0.325 e. The molecule has 1 saturated heterocycles. The van der Waals surface area contributed by atoms with Gasteiger partial charge >= 0.3 is 6.03 Å². The fourth-order valence-electron chi connectivity index (χ4n) is 4.52. The minimum atomic E-state index is -1.19. The van der Waals surface area contributed by atoms with E-state index in [0.29, 0.717) is 34.5 Å². The van der Waals surface area contributed by atoms with Gasteiger partial charge in [-0.05, 0) is 56.5 Å². The van der Waals surface area contributed by atoms with E-state index in [-0.39, 0.29) is 18.1 Å². The Labute approximate surface area is 192 Å². The molecule has 3 aromatic rings. The van der Waals surface area contributed by atoms with Crippen LogP contribution in [0.4, 0.5) is 9.18 Å². The molecule has 4 rings (SSSR count). The first-order valence-electron chi connectivity index (χ1n) is 10.9. The lowest BCUT2D eigenvalue weighted by Gasteiger charge is -2.25. The molecule has 1 aliphatic rings. The van der Waals surface area contributed by atoms with E-state index in [0.717, 1.165) is 10.6 Å². The highest BCUT2D eigenvalue weighted by molar-refractivity contribution is 6.11. The van der Waals surface area contributed by atoms with Crippen LogP contribution < -0.4 is 5.32 Å². The molecule has 33 heavy (non-hydrogen) atoms. The van der Waals surface area contributed by atoms with Crippen LogP contribution in [0.2, 0.25) is 0 Å². The van der Waals surface area contributed by atoms with Crippen molar-refractivity contribution in [3.8, 4) is 5.69 Å². The van der Waals surface area contributed by atoms with Gasteiger partial charge in [-0.3, -0.25) is 14.5 Å². The van der Waals surface area contributed by atoms with Gasteiger partial charge in [-0.1, -0.05) is 43.3 Å². The number of aryl methyl sites for hydroxylation is 2. The van der Waals surface area contributed by atoms with Crippen molar-refractivity contribution >= 4 is 17.7 Å². The molecule has 1 atom stereocenters. The molecule has 2 heterocycles. The molecule has 7 heteroatoms. The predicted octanol–water partition coefficient (Wildman–Crippen LogP) is 4.58. The highest BCUT2D eigenvalue weighted by Crippen LogP contribution is 2.32.